The number of rotatable bonds is 6. The number of anilines is 2. The van der Waals surface area contributed by atoms with Crippen LogP contribution in [0.2, 0.25) is 0 Å². The Kier molecular flexibility index (Phi) is 7.75. The van der Waals surface area contributed by atoms with Gasteiger partial charge in [-0.25, -0.2) is 4.79 Å². The molecule has 0 saturated heterocycles. The van der Waals surface area contributed by atoms with E-state index in [-0.39, 0.29) is 12.5 Å². The molecule has 3 amide bonds. The van der Waals surface area contributed by atoms with Crippen molar-refractivity contribution < 1.29 is 19.1 Å². The highest BCUT2D eigenvalue weighted by atomic mass is 16.6. The van der Waals surface area contributed by atoms with E-state index in [0.717, 1.165) is 11.1 Å². The Bertz CT molecular complexity index is 928. The molecule has 3 N–H and O–H groups in total. The van der Waals surface area contributed by atoms with E-state index in [2.05, 4.69) is 16.0 Å². The molecular weight excluding hydrogens is 382 g/mol. The summed E-state index contributed by atoms with van der Waals surface area (Å²) in [6, 6.07) is 14.5. The zero-order valence-electron chi connectivity index (χ0n) is 17.6. The van der Waals surface area contributed by atoms with E-state index >= 15 is 0 Å². The average Bonchev–Trinajstić information content (AvgIpc) is 2.65. The van der Waals surface area contributed by atoms with E-state index in [0.29, 0.717) is 11.4 Å². The van der Waals surface area contributed by atoms with Gasteiger partial charge in [0.05, 0.1) is 0 Å². The van der Waals surface area contributed by atoms with Crippen molar-refractivity contribution in [2.75, 3.05) is 17.2 Å². The molecule has 0 radical (unpaired) electrons. The minimum atomic E-state index is -0.668. The lowest BCUT2D eigenvalue weighted by molar-refractivity contribution is -0.115. The summed E-state index contributed by atoms with van der Waals surface area (Å²) in [6.07, 6.45) is 2.50. The van der Waals surface area contributed by atoms with Crippen molar-refractivity contribution in [2.45, 2.75) is 33.3 Å². The Balaban J connectivity index is 1.86. The number of amides is 3. The lowest BCUT2D eigenvalue weighted by Gasteiger charge is -2.19. The summed E-state index contributed by atoms with van der Waals surface area (Å²) in [7, 11) is 0. The molecule has 0 fully saturated rings. The van der Waals surface area contributed by atoms with E-state index in [1.54, 1.807) is 51.1 Å². The van der Waals surface area contributed by atoms with Crippen molar-refractivity contribution in [3.8, 4) is 0 Å². The number of benzene rings is 2. The number of hydrogen-bond donors (Lipinski definition) is 3. The minimum Gasteiger partial charge on any atom is -0.444 e. The molecule has 0 spiro atoms. The molecule has 7 heteroatoms. The Labute approximate surface area is 176 Å². The molecule has 0 aromatic heterocycles. The molecule has 0 bridgehead atoms. The van der Waals surface area contributed by atoms with Crippen LogP contribution >= 0.6 is 0 Å². The van der Waals surface area contributed by atoms with Crippen LogP contribution in [0.5, 0.6) is 0 Å². The molecule has 7 nitrogen and oxygen atoms in total. The second-order valence-electron chi connectivity index (χ2n) is 7.72. The molecule has 0 aliphatic rings. The molecule has 2 aromatic rings. The normalized spacial score (nSPS) is 11.1. The third-order valence-electron chi connectivity index (χ3n) is 3.71. The largest absolute Gasteiger partial charge is 0.444 e. The Morgan fingerprint density at radius 1 is 0.967 bits per heavy atom. The van der Waals surface area contributed by atoms with Gasteiger partial charge < -0.3 is 20.7 Å². The van der Waals surface area contributed by atoms with E-state index in [4.69, 9.17) is 4.74 Å². The summed E-state index contributed by atoms with van der Waals surface area (Å²) in [5.74, 6) is -0.700. The maximum absolute atomic E-state index is 12.1. The molecule has 2 rings (SSSR count). The van der Waals surface area contributed by atoms with Gasteiger partial charge in [0.1, 0.15) is 12.1 Å². The fraction of sp³-hybridized carbons (Fsp3) is 0.261. The molecule has 30 heavy (non-hydrogen) atoms. The van der Waals surface area contributed by atoms with E-state index < -0.39 is 17.6 Å². The van der Waals surface area contributed by atoms with Gasteiger partial charge in [0.2, 0.25) is 11.8 Å². The van der Waals surface area contributed by atoms with Crippen molar-refractivity contribution in [1.82, 2.24) is 5.32 Å². The fourth-order valence-corrected chi connectivity index (χ4v) is 2.38. The lowest BCUT2D eigenvalue weighted by Crippen LogP contribution is -2.37. The highest BCUT2D eigenvalue weighted by molar-refractivity contribution is 6.02. The molecule has 158 valence electrons. The highest BCUT2D eigenvalue weighted by Gasteiger charge is 2.16. The first-order valence-corrected chi connectivity index (χ1v) is 9.53. The quantitative estimate of drug-likeness (QED) is 0.626. The number of hydrogen-bond acceptors (Lipinski definition) is 4. The Morgan fingerprint density at radius 3 is 2.23 bits per heavy atom. The summed E-state index contributed by atoms with van der Waals surface area (Å²) in [5, 5.41) is 7.79. The number of ether oxygens (including phenoxy) is 1. The third kappa shape index (κ3) is 8.60. The van der Waals surface area contributed by atoms with Crippen LogP contribution < -0.4 is 16.0 Å². The molecule has 2 aromatic carbocycles. The molecule has 0 aliphatic heterocycles. The first kappa shape index (κ1) is 22.7. The predicted molar refractivity (Wildman–Crippen MR) is 118 cm³/mol. The van der Waals surface area contributed by atoms with E-state index in [1.807, 2.05) is 31.2 Å². The fourth-order valence-electron chi connectivity index (χ4n) is 2.38. The highest BCUT2D eigenvalue weighted by Crippen LogP contribution is 2.15. The molecular formula is C23H27N3O4. The van der Waals surface area contributed by atoms with Gasteiger partial charge in [0.25, 0.3) is 0 Å². The van der Waals surface area contributed by atoms with Crippen molar-refractivity contribution in [3.05, 3.63) is 65.7 Å². The van der Waals surface area contributed by atoms with Crippen LogP contribution in [-0.2, 0) is 14.3 Å². The van der Waals surface area contributed by atoms with Crippen LogP contribution in [0, 0.1) is 6.92 Å². The number of carbonyl (C=O) groups is 3. The Hall–Kier alpha value is -3.61. The van der Waals surface area contributed by atoms with Crippen LogP contribution in [0.1, 0.15) is 31.9 Å². The summed E-state index contributed by atoms with van der Waals surface area (Å²) in [5.41, 5.74) is 2.46. The average molecular weight is 409 g/mol. The van der Waals surface area contributed by atoms with Gasteiger partial charge >= 0.3 is 6.09 Å². The number of alkyl carbamates (subject to hydrolysis) is 1. The molecule has 0 heterocycles. The van der Waals surface area contributed by atoms with Crippen molar-refractivity contribution in [2.24, 2.45) is 0 Å². The second kappa shape index (κ2) is 10.2. The first-order chi connectivity index (χ1) is 14.1. The topological polar surface area (TPSA) is 96.5 Å². The van der Waals surface area contributed by atoms with Gasteiger partial charge in [-0.1, -0.05) is 35.9 Å². The standard InChI is InChI=1S/C23H27N3O4/c1-16-8-10-17(11-9-16)12-13-20(27)25-18-6-5-7-19(14-18)26-21(28)15-24-22(29)30-23(2,3)4/h5-14H,15H2,1-4H3,(H,24,29)(H,25,27)(H,26,28)/b13-12+. The molecule has 0 atom stereocenters. The van der Waals surface area contributed by atoms with Crippen molar-refractivity contribution in [1.29, 1.82) is 0 Å². The van der Waals surface area contributed by atoms with E-state index in [9.17, 15) is 14.4 Å². The summed E-state index contributed by atoms with van der Waals surface area (Å²) in [6.45, 7) is 6.98. The van der Waals surface area contributed by atoms with Crippen LogP contribution in [-0.4, -0.2) is 30.1 Å². The van der Waals surface area contributed by atoms with Crippen LogP contribution in [0.4, 0.5) is 16.2 Å². The second-order valence-corrected chi connectivity index (χ2v) is 7.72. The van der Waals surface area contributed by atoms with Gasteiger partial charge in [0, 0.05) is 17.5 Å². The minimum absolute atomic E-state index is 0.231. The van der Waals surface area contributed by atoms with Gasteiger partial charge in [0.15, 0.2) is 0 Å². The maximum Gasteiger partial charge on any atom is 0.408 e. The molecule has 0 aliphatic carbocycles. The third-order valence-corrected chi connectivity index (χ3v) is 3.71. The number of nitrogens with one attached hydrogen (secondary N) is 3. The zero-order chi connectivity index (χ0) is 22.1. The van der Waals surface area contributed by atoms with Gasteiger partial charge in [-0.3, -0.25) is 9.59 Å². The number of carbonyl (C=O) groups excluding carboxylic acids is 3. The van der Waals surface area contributed by atoms with Crippen LogP contribution in [0.25, 0.3) is 6.08 Å². The smallest absolute Gasteiger partial charge is 0.408 e. The van der Waals surface area contributed by atoms with Crippen LogP contribution in [0.15, 0.2) is 54.6 Å². The summed E-state index contributed by atoms with van der Waals surface area (Å²) < 4.78 is 5.08. The maximum atomic E-state index is 12.1. The molecule has 0 saturated carbocycles. The molecule has 0 unspecified atom stereocenters. The predicted octanol–water partition coefficient (Wildman–Crippen LogP) is 4.11. The SMILES string of the molecule is Cc1ccc(/C=C/C(=O)Nc2cccc(NC(=O)CNC(=O)OC(C)(C)C)c2)cc1. The lowest BCUT2D eigenvalue weighted by atomic mass is 10.1. The summed E-state index contributed by atoms with van der Waals surface area (Å²) in [4.78, 5) is 35.8. The zero-order valence-corrected chi connectivity index (χ0v) is 17.6. The van der Waals surface area contributed by atoms with E-state index in [1.165, 1.54) is 6.08 Å². The van der Waals surface area contributed by atoms with Crippen molar-refractivity contribution in [3.63, 3.8) is 0 Å². The number of aryl methyl sites for hydroxylation is 1. The Morgan fingerprint density at radius 2 is 1.60 bits per heavy atom. The van der Waals surface area contributed by atoms with Crippen molar-refractivity contribution >= 4 is 35.4 Å². The van der Waals surface area contributed by atoms with Gasteiger partial charge in [-0.15, -0.1) is 0 Å². The summed E-state index contributed by atoms with van der Waals surface area (Å²) >= 11 is 0. The first-order valence-electron chi connectivity index (χ1n) is 9.53. The monoisotopic (exact) mass is 409 g/mol. The van der Waals surface area contributed by atoms with Gasteiger partial charge in [-0.2, -0.15) is 0 Å². The van der Waals surface area contributed by atoms with Gasteiger partial charge in [-0.05, 0) is 57.5 Å². The van der Waals surface area contributed by atoms with Crippen LogP contribution in [0.3, 0.4) is 0 Å².